The number of rotatable bonds is 7. The van der Waals surface area contributed by atoms with Gasteiger partial charge in [0.1, 0.15) is 5.82 Å². The zero-order chi connectivity index (χ0) is 13.0. The Labute approximate surface area is 109 Å². The van der Waals surface area contributed by atoms with Gasteiger partial charge in [0, 0.05) is 25.2 Å². The Hall–Kier alpha value is -0.930. The summed E-state index contributed by atoms with van der Waals surface area (Å²) in [5.41, 5.74) is 7.17. The molecule has 0 bridgehead atoms. The van der Waals surface area contributed by atoms with E-state index < -0.39 is 0 Å². The molecule has 1 aliphatic carbocycles. The quantitative estimate of drug-likeness (QED) is 0.806. The third kappa shape index (κ3) is 3.79. The number of hydrogen-bond donors (Lipinski definition) is 1. The monoisotopic (exact) mass is 250 g/mol. The molecule has 18 heavy (non-hydrogen) atoms. The Balaban J connectivity index is 2.00. The fraction of sp³-hybridized carbons (Fsp3) is 0.600. The molecule has 0 saturated heterocycles. The largest absolute Gasteiger partial charge is 0.326 e. The molecule has 2 rings (SSSR count). The molecule has 3 heteroatoms. The zero-order valence-corrected chi connectivity index (χ0v) is 11.2. The van der Waals surface area contributed by atoms with E-state index >= 15 is 0 Å². The Morgan fingerprint density at radius 1 is 1.39 bits per heavy atom. The molecule has 0 heterocycles. The zero-order valence-electron chi connectivity index (χ0n) is 11.2. The van der Waals surface area contributed by atoms with E-state index in [0.29, 0.717) is 6.54 Å². The van der Waals surface area contributed by atoms with E-state index in [0.717, 1.165) is 43.1 Å². The van der Waals surface area contributed by atoms with Crippen molar-refractivity contribution in [3.8, 4) is 0 Å². The Morgan fingerprint density at radius 3 is 2.72 bits per heavy atom. The van der Waals surface area contributed by atoms with E-state index in [-0.39, 0.29) is 5.82 Å². The van der Waals surface area contributed by atoms with Crippen molar-refractivity contribution in [3.63, 3.8) is 0 Å². The number of nitrogens with two attached hydrogens (primary N) is 1. The highest BCUT2D eigenvalue weighted by Gasteiger charge is 2.24. The van der Waals surface area contributed by atoms with Gasteiger partial charge in [-0.05, 0) is 43.4 Å². The van der Waals surface area contributed by atoms with Crippen molar-refractivity contribution in [2.45, 2.75) is 39.3 Å². The molecule has 0 aromatic heterocycles. The van der Waals surface area contributed by atoms with Gasteiger partial charge in [0.05, 0.1) is 0 Å². The summed E-state index contributed by atoms with van der Waals surface area (Å²) in [5, 5.41) is 0. The van der Waals surface area contributed by atoms with Crippen LogP contribution in [0.1, 0.15) is 37.3 Å². The van der Waals surface area contributed by atoms with Gasteiger partial charge in [-0.1, -0.05) is 19.1 Å². The predicted molar refractivity (Wildman–Crippen MR) is 72.6 cm³/mol. The van der Waals surface area contributed by atoms with Crippen LogP contribution in [0.4, 0.5) is 4.39 Å². The highest BCUT2D eigenvalue weighted by Crippen LogP contribution is 2.30. The second-order valence-electron chi connectivity index (χ2n) is 5.31. The average molecular weight is 250 g/mol. The molecule has 0 amide bonds. The molecule has 2 nitrogen and oxygen atoms in total. The normalized spacial score (nSPS) is 15.3. The summed E-state index contributed by atoms with van der Waals surface area (Å²) in [6.07, 6.45) is 3.80. The molecule has 1 aliphatic rings. The Kier molecular flexibility index (Phi) is 4.72. The van der Waals surface area contributed by atoms with Crippen LogP contribution in [0.15, 0.2) is 18.2 Å². The van der Waals surface area contributed by atoms with Crippen molar-refractivity contribution < 1.29 is 4.39 Å². The first-order chi connectivity index (χ1) is 8.72. The van der Waals surface area contributed by atoms with Crippen molar-refractivity contribution in [2.75, 3.05) is 13.1 Å². The fourth-order valence-corrected chi connectivity index (χ4v) is 2.30. The van der Waals surface area contributed by atoms with E-state index in [1.807, 2.05) is 12.1 Å². The van der Waals surface area contributed by atoms with Gasteiger partial charge in [-0.25, -0.2) is 4.39 Å². The van der Waals surface area contributed by atoms with E-state index in [2.05, 4.69) is 11.8 Å². The highest BCUT2D eigenvalue weighted by molar-refractivity contribution is 5.24. The third-order valence-corrected chi connectivity index (χ3v) is 3.50. The van der Waals surface area contributed by atoms with Crippen LogP contribution in [0.2, 0.25) is 0 Å². The molecule has 0 spiro atoms. The minimum absolute atomic E-state index is 0.116. The molecule has 1 aromatic rings. The molecule has 1 saturated carbocycles. The molecule has 100 valence electrons. The predicted octanol–water partition coefficient (Wildman–Crippen LogP) is 2.91. The standard InChI is InChI=1S/C15H23FN2/c1-2-7-18(10-12-3-4-12)11-14-6-5-13(9-17)8-15(14)16/h5-6,8,12H,2-4,7,9-11,17H2,1H3. The van der Waals surface area contributed by atoms with Crippen molar-refractivity contribution in [2.24, 2.45) is 11.7 Å². The fourth-order valence-electron chi connectivity index (χ4n) is 2.30. The van der Waals surface area contributed by atoms with E-state index in [4.69, 9.17) is 5.73 Å². The summed E-state index contributed by atoms with van der Waals surface area (Å²) in [7, 11) is 0. The minimum Gasteiger partial charge on any atom is -0.326 e. The lowest BCUT2D eigenvalue weighted by atomic mass is 10.1. The van der Waals surface area contributed by atoms with Gasteiger partial charge in [-0.15, -0.1) is 0 Å². The first kappa shape index (κ1) is 13.5. The molecule has 1 aromatic carbocycles. The van der Waals surface area contributed by atoms with Crippen molar-refractivity contribution in [3.05, 3.63) is 35.1 Å². The van der Waals surface area contributed by atoms with Crippen molar-refractivity contribution in [1.29, 1.82) is 0 Å². The van der Waals surface area contributed by atoms with Gasteiger partial charge in [-0.2, -0.15) is 0 Å². The van der Waals surface area contributed by atoms with Crippen molar-refractivity contribution in [1.82, 2.24) is 4.90 Å². The number of halogens is 1. The lowest BCUT2D eigenvalue weighted by Crippen LogP contribution is -2.26. The van der Waals surface area contributed by atoms with Crippen molar-refractivity contribution >= 4 is 0 Å². The van der Waals surface area contributed by atoms with Gasteiger partial charge in [0.15, 0.2) is 0 Å². The first-order valence-corrected chi connectivity index (χ1v) is 6.92. The summed E-state index contributed by atoms with van der Waals surface area (Å²) in [6, 6.07) is 5.38. The van der Waals surface area contributed by atoms with Crippen LogP contribution >= 0.6 is 0 Å². The van der Waals surface area contributed by atoms with Gasteiger partial charge in [-0.3, -0.25) is 4.90 Å². The summed E-state index contributed by atoms with van der Waals surface area (Å²) < 4.78 is 13.9. The number of hydrogen-bond acceptors (Lipinski definition) is 2. The maximum Gasteiger partial charge on any atom is 0.128 e. The molecule has 0 unspecified atom stereocenters. The summed E-state index contributed by atoms with van der Waals surface area (Å²) >= 11 is 0. The Bertz CT molecular complexity index is 388. The maximum atomic E-state index is 13.9. The van der Waals surface area contributed by atoms with E-state index in [1.165, 1.54) is 12.8 Å². The molecule has 1 fully saturated rings. The van der Waals surface area contributed by atoms with Crippen LogP contribution < -0.4 is 5.73 Å². The second-order valence-corrected chi connectivity index (χ2v) is 5.31. The van der Waals surface area contributed by atoms with Gasteiger partial charge >= 0.3 is 0 Å². The minimum atomic E-state index is -0.116. The van der Waals surface area contributed by atoms with Gasteiger partial charge < -0.3 is 5.73 Å². The topological polar surface area (TPSA) is 29.3 Å². The SMILES string of the molecule is CCCN(Cc1ccc(CN)cc1F)CC1CC1. The summed E-state index contributed by atoms with van der Waals surface area (Å²) in [5.74, 6) is 0.734. The van der Waals surface area contributed by atoms with Crippen LogP contribution in [-0.4, -0.2) is 18.0 Å². The van der Waals surface area contributed by atoms with Gasteiger partial charge in [0.25, 0.3) is 0 Å². The maximum absolute atomic E-state index is 13.9. The average Bonchev–Trinajstić information content (AvgIpc) is 3.16. The van der Waals surface area contributed by atoms with Crippen LogP contribution in [-0.2, 0) is 13.1 Å². The number of benzene rings is 1. The van der Waals surface area contributed by atoms with Crippen LogP contribution in [0.3, 0.4) is 0 Å². The van der Waals surface area contributed by atoms with Crippen LogP contribution in [0, 0.1) is 11.7 Å². The highest BCUT2D eigenvalue weighted by atomic mass is 19.1. The van der Waals surface area contributed by atoms with E-state index in [9.17, 15) is 4.39 Å². The summed E-state index contributed by atoms with van der Waals surface area (Å²) in [4.78, 5) is 2.37. The van der Waals surface area contributed by atoms with Crippen LogP contribution in [0.25, 0.3) is 0 Å². The molecule has 2 N–H and O–H groups in total. The second kappa shape index (κ2) is 6.30. The van der Waals surface area contributed by atoms with E-state index in [1.54, 1.807) is 6.07 Å². The molecular formula is C15H23FN2. The lowest BCUT2D eigenvalue weighted by Gasteiger charge is -2.22. The number of nitrogens with zero attached hydrogens (tertiary/aromatic N) is 1. The van der Waals surface area contributed by atoms with Gasteiger partial charge in [0.2, 0.25) is 0 Å². The third-order valence-electron chi connectivity index (χ3n) is 3.50. The summed E-state index contributed by atoms with van der Waals surface area (Å²) in [6.45, 7) is 5.47. The lowest BCUT2D eigenvalue weighted by molar-refractivity contribution is 0.251. The Morgan fingerprint density at radius 2 is 2.17 bits per heavy atom. The molecule has 0 aliphatic heterocycles. The molecular weight excluding hydrogens is 227 g/mol. The molecule has 0 atom stereocenters. The van der Waals surface area contributed by atoms with Crippen LogP contribution in [0.5, 0.6) is 0 Å². The smallest absolute Gasteiger partial charge is 0.128 e. The first-order valence-electron chi connectivity index (χ1n) is 6.92. The molecule has 0 radical (unpaired) electrons.